The third-order valence-electron chi connectivity index (χ3n) is 4.15. The van der Waals surface area contributed by atoms with Crippen LogP contribution in [-0.4, -0.2) is 44.9 Å². The average molecular weight is 396 g/mol. The predicted octanol–water partition coefficient (Wildman–Crippen LogP) is 1.92. The van der Waals surface area contributed by atoms with E-state index in [0.717, 1.165) is 16.4 Å². The second-order valence-corrected chi connectivity index (χ2v) is 7.88. The van der Waals surface area contributed by atoms with Gasteiger partial charge in [0.1, 0.15) is 16.5 Å². The molecule has 0 bridgehead atoms. The number of sulfonamides is 1. The van der Waals surface area contributed by atoms with E-state index in [0.29, 0.717) is 5.56 Å². The lowest BCUT2D eigenvalue weighted by Gasteiger charge is -2.26. The zero-order valence-corrected chi connectivity index (χ0v) is 15.1. The maximum atomic E-state index is 14.2. The van der Waals surface area contributed by atoms with Crippen LogP contribution in [0.3, 0.4) is 0 Å². The van der Waals surface area contributed by atoms with Crippen LogP contribution in [0.25, 0.3) is 0 Å². The number of rotatable bonds is 5. The van der Waals surface area contributed by atoms with Crippen molar-refractivity contribution in [3.8, 4) is 0 Å². The number of amides is 1. The van der Waals surface area contributed by atoms with Crippen LogP contribution in [0.2, 0.25) is 0 Å². The van der Waals surface area contributed by atoms with Crippen molar-refractivity contribution in [2.75, 3.05) is 26.3 Å². The number of hydrogen-bond acceptors (Lipinski definition) is 4. The molecule has 1 aliphatic heterocycles. The van der Waals surface area contributed by atoms with E-state index in [1.807, 2.05) is 0 Å². The first kappa shape index (κ1) is 19.4. The van der Waals surface area contributed by atoms with Crippen molar-refractivity contribution in [3.63, 3.8) is 0 Å². The Balaban J connectivity index is 1.77. The van der Waals surface area contributed by atoms with Gasteiger partial charge in [-0.1, -0.05) is 12.1 Å². The molecule has 2 aromatic carbocycles. The standard InChI is InChI=1S/C18H18F2N2O4S/c19-15-4-1-13(2-5-15)12-21-18(23)14-3-6-16(20)17(11-14)27(24,25)22-7-9-26-10-8-22/h1-6,11H,7-10,12H2,(H,21,23). The summed E-state index contributed by atoms with van der Waals surface area (Å²) in [6.45, 7) is 0.852. The van der Waals surface area contributed by atoms with Crippen LogP contribution in [0, 0.1) is 11.6 Å². The lowest BCUT2D eigenvalue weighted by molar-refractivity contribution is 0.0729. The normalized spacial score (nSPS) is 15.5. The molecule has 1 saturated heterocycles. The second kappa shape index (κ2) is 8.12. The number of benzene rings is 2. The lowest BCUT2D eigenvalue weighted by atomic mass is 10.2. The molecule has 1 aliphatic rings. The highest BCUT2D eigenvalue weighted by Gasteiger charge is 2.29. The molecule has 3 rings (SSSR count). The van der Waals surface area contributed by atoms with Crippen LogP contribution in [0.15, 0.2) is 47.4 Å². The first-order valence-electron chi connectivity index (χ1n) is 8.28. The molecule has 1 amide bonds. The van der Waals surface area contributed by atoms with E-state index < -0.39 is 26.6 Å². The van der Waals surface area contributed by atoms with E-state index in [1.165, 1.54) is 30.3 Å². The Hall–Kier alpha value is -2.36. The third-order valence-corrected chi connectivity index (χ3v) is 6.06. The molecule has 0 radical (unpaired) electrons. The molecule has 0 spiro atoms. The summed E-state index contributed by atoms with van der Waals surface area (Å²) < 4.78 is 58.6. The van der Waals surface area contributed by atoms with Gasteiger partial charge in [0.2, 0.25) is 10.0 Å². The zero-order chi connectivity index (χ0) is 19.4. The zero-order valence-electron chi connectivity index (χ0n) is 14.3. The van der Waals surface area contributed by atoms with Gasteiger partial charge in [0.05, 0.1) is 13.2 Å². The van der Waals surface area contributed by atoms with Crippen molar-refractivity contribution in [3.05, 3.63) is 65.2 Å². The van der Waals surface area contributed by atoms with E-state index in [9.17, 15) is 22.0 Å². The number of nitrogens with zero attached hydrogens (tertiary/aromatic N) is 1. The van der Waals surface area contributed by atoms with E-state index in [1.54, 1.807) is 0 Å². The van der Waals surface area contributed by atoms with Crippen molar-refractivity contribution < 1.29 is 26.7 Å². The van der Waals surface area contributed by atoms with Gasteiger partial charge < -0.3 is 10.1 Å². The Morgan fingerprint density at radius 2 is 1.74 bits per heavy atom. The Kier molecular flexibility index (Phi) is 5.83. The molecular weight excluding hydrogens is 378 g/mol. The van der Waals surface area contributed by atoms with E-state index >= 15 is 0 Å². The highest BCUT2D eigenvalue weighted by atomic mass is 32.2. The SMILES string of the molecule is O=C(NCc1ccc(F)cc1)c1ccc(F)c(S(=O)(=O)N2CCOCC2)c1. The summed E-state index contributed by atoms with van der Waals surface area (Å²) in [5, 5.41) is 2.60. The number of morpholine rings is 1. The van der Waals surface area contributed by atoms with Crippen molar-refractivity contribution in [2.24, 2.45) is 0 Å². The van der Waals surface area contributed by atoms with Crippen molar-refractivity contribution in [1.82, 2.24) is 9.62 Å². The van der Waals surface area contributed by atoms with Crippen LogP contribution in [0.5, 0.6) is 0 Å². The molecule has 1 heterocycles. The number of carbonyl (C=O) groups excluding carboxylic acids is 1. The van der Waals surface area contributed by atoms with Crippen LogP contribution >= 0.6 is 0 Å². The van der Waals surface area contributed by atoms with E-state index in [2.05, 4.69) is 5.32 Å². The minimum Gasteiger partial charge on any atom is -0.379 e. The quantitative estimate of drug-likeness (QED) is 0.838. The van der Waals surface area contributed by atoms with Gasteiger partial charge in [-0.25, -0.2) is 17.2 Å². The Morgan fingerprint density at radius 3 is 2.41 bits per heavy atom. The van der Waals surface area contributed by atoms with Crippen molar-refractivity contribution in [2.45, 2.75) is 11.4 Å². The summed E-state index contributed by atoms with van der Waals surface area (Å²) in [7, 11) is -4.06. The van der Waals surface area contributed by atoms with Crippen LogP contribution < -0.4 is 5.32 Å². The highest BCUT2D eigenvalue weighted by molar-refractivity contribution is 7.89. The Morgan fingerprint density at radius 1 is 1.07 bits per heavy atom. The van der Waals surface area contributed by atoms with Crippen molar-refractivity contribution >= 4 is 15.9 Å². The highest BCUT2D eigenvalue weighted by Crippen LogP contribution is 2.22. The van der Waals surface area contributed by atoms with Gasteiger partial charge in [0.25, 0.3) is 5.91 Å². The summed E-state index contributed by atoms with van der Waals surface area (Å²) in [4.78, 5) is 11.8. The first-order valence-corrected chi connectivity index (χ1v) is 9.72. The molecule has 1 fully saturated rings. The summed E-state index contributed by atoms with van der Waals surface area (Å²) in [5.74, 6) is -1.86. The molecule has 9 heteroatoms. The second-order valence-electron chi connectivity index (χ2n) is 5.97. The fourth-order valence-electron chi connectivity index (χ4n) is 2.65. The van der Waals surface area contributed by atoms with Gasteiger partial charge in [-0.05, 0) is 35.9 Å². The van der Waals surface area contributed by atoms with Gasteiger partial charge >= 0.3 is 0 Å². The molecule has 6 nitrogen and oxygen atoms in total. The molecule has 2 aromatic rings. The van der Waals surface area contributed by atoms with Crippen LogP contribution in [0.1, 0.15) is 15.9 Å². The summed E-state index contributed by atoms with van der Waals surface area (Å²) in [6, 6.07) is 8.79. The van der Waals surface area contributed by atoms with Gasteiger partial charge in [-0.2, -0.15) is 4.31 Å². The maximum Gasteiger partial charge on any atom is 0.251 e. The third kappa shape index (κ3) is 4.49. The molecule has 0 saturated carbocycles. The Bertz CT molecular complexity index is 927. The van der Waals surface area contributed by atoms with Gasteiger partial charge in [-0.3, -0.25) is 4.79 Å². The van der Waals surface area contributed by atoms with Gasteiger partial charge in [-0.15, -0.1) is 0 Å². The van der Waals surface area contributed by atoms with Crippen LogP contribution in [-0.2, 0) is 21.3 Å². The number of halogens is 2. The number of carbonyl (C=O) groups is 1. The molecule has 0 aromatic heterocycles. The fraction of sp³-hybridized carbons (Fsp3) is 0.278. The van der Waals surface area contributed by atoms with Crippen molar-refractivity contribution in [1.29, 1.82) is 0 Å². The minimum atomic E-state index is -4.06. The topological polar surface area (TPSA) is 75.7 Å². The largest absolute Gasteiger partial charge is 0.379 e. The predicted molar refractivity (Wildman–Crippen MR) is 93.5 cm³/mol. The fourth-order valence-corrected chi connectivity index (χ4v) is 4.15. The van der Waals surface area contributed by atoms with Crippen LogP contribution in [0.4, 0.5) is 8.78 Å². The summed E-state index contributed by atoms with van der Waals surface area (Å²) in [6.07, 6.45) is 0. The summed E-state index contributed by atoms with van der Waals surface area (Å²) in [5.41, 5.74) is 0.693. The van der Waals surface area contributed by atoms with Gasteiger partial charge in [0, 0.05) is 25.2 Å². The number of hydrogen-bond donors (Lipinski definition) is 1. The molecule has 144 valence electrons. The molecular formula is C18H18F2N2O4S. The lowest BCUT2D eigenvalue weighted by Crippen LogP contribution is -2.41. The molecule has 0 unspecified atom stereocenters. The average Bonchev–Trinajstić information content (AvgIpc) is 2.68. The molecule has 0 atom stereocenters. The monoisotopic (exact) mass is 396 g/mol. The number of nitrogens with one attached hydrogen (secondary N) is 1. The maximum absolute atomic E-state index is 14.2. The molecule has 0 aliphatic carbocycles. The van der Waals surface area contributed by atoms with Gasteiger partial charge in [0.15, 0.2) is 0 Å². The minimum absolute atomic E-state index is 0.0188. The molecule has 1 N–H and O–H groups in total. The van der Waals surface area contributed by atoms with E-state index in [-0.39, 0.29) is 44.2 Å². The molecule has 27 heavy (non-hydrogen) atoms. The smallest absolute Gasteiger partial charge is 0.251 e. The number of ether oxygens (including phenoxy) is 1. The van der Waals surface area contributed by atoms with E-state index in [4.69, 9.17) is 4.74 Å². The summed E-state index contributed by atoms with van der Waals surface area (Å²) >= 11 is 0. The Labute approximate surface area is 155 Å². The first-order chi connectivity index (χ1) is 12.9.